The fourth-order valence-electron chi connectivity index (χ4n) is 6.68. The van der Waals surface area contributed by atoms with Gasteiger partial charge in [0.25, 0.3) is 0 Å². The van der Waals surface area contributed by atoms with Crippen LogP contribution in [0, 0.1) is 19.3 Å². The van der Waals surface area contributed by atoms with Crippen molar-refractivity contribution in [1.82, 2.24) is 19.8 Å². The summed E-state index contributed by atoms with van der Waals surface area (Å²) in [4.78, 5) is 32.6. The minimum absolute atomic E-state index is 0.0574. The van der Waals surface area contributed by atoms with Crippen LogP contribution in [-0.4, -0.2) is 44.5 Å². The molecule has 2 saturated heterocycles. The highest BCUT2D eigenvalue weighted by atomic mass is 16.2. The van der Waals surface area contributed by atoms with E-state index in [2.05, 4.69) is 46.4 Å². The number of rotatable bonds is 4. The summed E-state index contributed by atoms with van der Waals surface area (Å²) in [5.41, 5.74) is 2.55. The van der Waals surface area contributed by atoms with Crippen molar-refractivity contribution in [2.45, 2.75) is 90.0 Å². The molecule has 3 aliphatic rings. The quantitative estimate of drug-likeness (QED) is 0.803. The van der Waals surface area contributed by atoms with Gasteiger partial charge in [0.1, 0.15) is 6.54 Å². The molecule has 3 fully saturated rings. The lowest BCUT2D eigenvalue weighted by molar-refractivity contribution is -0.135. The summed E-state index contributed by atoms with van der Waals surface area (Å²) < 4.78 is 1.54. The first-order valence-electron chi connectivity index (χ1n) is 12.0. The number of hydrogen-bond acceptors (Lipinski definition) is 4. The lowest BCUT2D eigenvalue weighted by Gasteiger charge is -2.43. The molecular weight excluding hydrogens is 400 g/mol. The average molecular weight is 435 g/mol. The molecule has 5 rings (SSSR count). The van der Waals surface area contributed by atoms with Crippen LogP contribution in [0.1, 0.15) is 56.0 Å². The van der Waals surface area contributed by atoms with E-state index < -0.39 is 0 Å². The third-order valence-corrected chi connectivity index (χ3v) is 8.23. The maximum atomic E-state index is 13.8. The lowest BCUT2D eigenvalue weighted by atomic mass is 9.70. The third kappa shape index (κ3) is 3.58. The second-order valence-corrected chi connectivity index (χ2v) is 10.3. The summed E-state index contributed by atoms with van der Waals surface area (Å²) >= 11 is 0. The van der Waals surface area contributed by atoms with Gasteiger partial charge >= 0.3 is 5.69 Å². The highest BCUT2D eigenvalue weighted by Gasteiger charge is 2.60. The summed E-state index contributed by atoms with van der Waals surface area (Å²) in [5.74, 6) is 0.0574. The van der Waals surface area contributed by atoms with Gasteiger partial charge in [-0.15, -0.1) is 0 Å². The van der Waals surface area contributed by atoms with Crippen molar-refractivity contribution in [3.63, 3.8) is 0 Å². The number of fused-ring (bicyclic) bond motifs is 1. The van der Waals surface area contributed by atoms with Gasteiger partial charge in [-0.1, -0.05) is 50.1 Å². The minimum Gasteiger partial charge on any atom is -0.333 e. The van der Waals surface area contributed by atoms with Crippen molar-refractivity contribution in [1.29, 1.82) is 0 Å². The molecule has 1 saturated carbocycles. The number of aryl methyl sites for hydroxylation is 2. The fourth-order valence-corrected chi connectivity index (χ4v) is 6.68. The molecular formula is C26H34N4O2. The van der Waals surface area contributed by atoms with Gasteiger partial charge in [-0.3, -0.25) is 9.36 Å². The predicted octanol–water partition coefficient (Wildman–Crippen LogP) is 2.99. The van der Waals surface area contributed by atoms with Crippen molar-refractivity contribution < 1.29 is 4.79 Å². The number of nitrogens with zero attached hydrogens (tertiary/aromatic N) is 3. The highest BCUT2D eigenvalue weighted by Crippen LogP contribution is 2.52. The zero-order chi connectivity index (χ0) is 22.5. The summed E-state index contributed by atoms with van der Waals surface area (Å²) in [6.45, 7) is 6.15. The van der Waals surface area contributed by atoms with Crippen LogP contribution in [0.15, 0.2) is 41.2 Å². The molecule has 1 amide bonds. The Morgan fingerprint density at radius 2 is 1.94 bits per heavy atom. The Morgan fingerprint density at radius 1 is 1.19 bits per heavy atom. The number of carbonyl (C=O) groups is 1. The number of amides is 1. The first kappa shape index (κ1) is 21.4. The third-order valence-electron chi connectivity index (χ3n) is 8.23. The molecule has 0 spiro atoms. The van der Waals surface area contributed by atoms with Crippen LogP contribution >= 0.6 is 0 Å². The van der Waals surface area contributed by atoms with Crippen LogP contribution in [-0.2, 0) is 17.8 Å². The van der Waals surface area contributed by atoms with E-state index in [1.165, 1.54) is 23.0 Å². The number of hydrogen-bond donors (Lipinski definition) is 1. The number of piperidine rings is 1. The van der Waals surface area contributed by atoms with E-state index in [1.54, 1.807) is 0 Å². The van der Waals surface area contributed by atoms with Crippen molar-refractivity contribution in [3.8, 4) is 0 Å². The number of likely N-dealkylation sites (tertiary alicyclic amines) is 1. The Balaban J connectivity index is 1.48. The van der Waals surface area contributed by atoms with E-state index in [0.29, 0.717) is 11.7 Å². The smallest absolute Gasteiger partial charge is 0.333 e. The van der Waals surface area contributed by atoms with Gasteiger partial charge in [-0.05, 0) is 51.2 Å². The van der Waals surface area contributed by atoms with Crippen LogP contribution in [0.4, 0.5) is 0 Å². The molecule has 170 valence electrons. The molecule has 2 aromatic rings. The van der Waals surface area contributed by atoms with Crippen LogP contribution < -0.4 is 11.0 Å². The number of aromatic nitrogens is 2. The molecule has 1 aliphatic carbocycles. The van der Waals surface area contributed by atoms with Gasteiger partial charge < -0.3 is 10.2 Å². The zero-order valence-electron chi connectivity index (χ0n) is 19.4. The molecule has 1 N–H and O–H groups in total. The zero-order valence-corrected chi connectivity index (χ0v) is 19.4. The molecule has 6 nitrogen and oxygen atoms in total. The first-order chi connectivity index (χ1) is 15.4. The van der Waals surface area contributed by atoms with E-state index in [9.17, 15) is 9.59 Å². The maximum absolute atomic E-state index is 13.8. The predicted molar refractivity (Wildman–Crippen MR) is 124 cm³/mol. The Hall–Kier alpha value is -2.47. The normalized spacial score (nSPS) is 31.4. The Bertz CT molecular complexity index is 1070. The van der Waals surface area contributed by atoms with E-state index in [4.69, 9.17) is 0 Å². The molecule has 32 heavy (non-hydrogen) atoms. The molecule has 5 atom stereocenters. The summed E-state index contributed by atoms with van der Waals surface area (Å²) in [6, 6.07) is 13.5. The number of benzene rings is 1. The summed E-state index contributed by atoms with van der Waals surface area (Å²) in [5, 5.41) is 3.98. The molecule has 0 radical (unpaired) electrons. The van der Waals surface area contributed by atoms with Crippen molar-refractivity contribution in [2.24, 2.45) is 5.41 Å². The first-order valence-corrected chi connectivity index (χ1v) is 12.0. The lowest BCUT2D eigenvalue weighted by Crippen LogP contribution is -2.57. The summed E-state index contributed by atoms with van der Waals surface area (Å²) in [6.07, 6.45) is 6.54. The van der Waals surface area contributed by atoms with E-state index in [1.807, 2.05) is 26.0 Å². The average Bonchev–Trinajstić information content (AvgIpc) is 2.90. The van der Waals surface area contributed by atoms with Crippen LogP contribution in [0.25, 0.3) is 0 Å². The van der Waals surface area contributed by atoms with E-state index in [-0.39, 0.29) is 41.7 Å². The Kier molecular flexibility index (Phi) is 5.44. The maximum Gasteiger partial charge on any atom is 0.348 e. The monoisotopic (exact) mass is 434 g/mol. The van der Waals surface area contributed by atoms with Gasteiger partial charge in [0.05, 0.1) is 0 Å². The second kappa shape index (κ2) is 8.14. The Labute approximate surface area is 190 Å². The molecule has 2 bridgehead atoms. The largest absolute Gasteiger partial charge is 0.348 e. The SMILES string of the molecule is Cc1cc(C)n(CC(=O)N2[C@H]3CCCC[C@H]4N[C@H](Cc5ccccc5)[C@@H]2C[C@@]34C)c(=O)n1. The number of nitrogens with one attached hydrogen (secondary N) is 1. The van der Waals surface area contributed by atoms with Crippen LogP contribution in [0.5, 0.6) is 0 Å². The Morgan fingerprint density at radius 3 is 2.69 bits per heavy atom. The van der Waals surface area contributed by atoms with Crippen molar-refractivity contribution in [2.75, 3.05) is 0 Å². The van der Waals surface area contributed by atoms with Gasteiger partial charge in [0.2, 0.25) is 5.91 Å². The van der Waals surface area contributed by atoms with Crippen molar-refractivity contribution >= 4 is 5.91 Å². The molecule has 1 aromatic carbocycles. The molecule has 6 heteroatoms. The molecule has 2 aliphatic heterocycles. The molecule has 1 aromatic heterocycles. The second-order valence-electron chi connectivity index (χ2n) is 10.3. The highest BCUT2D eigenvalue weighted by molar-refractivity contribution is 5.77. The fraction of sp³-hybridized carbons (Fsp3) is 0.577. The van der Waals surface area contributed by atoms with Gasteiger partial charge in [-0.2, -0.15) is 4.98 Å². The van der Waals surface area contributed by atoms with E-state index >= 15 is 0 Å². The topological polar surface area (TPSA) is 67.2 Å². The van der Waals surface area contributed by atoms with Gasteiger partial charge in [0, 0.05) is 41.0 Å². The molecule has 0 unspecified atom stereocenters. The van der Waals surface area contributed by atoms with Gasteiger partial charge in [0.15, 0.2) is 0 Å². The summed E-state index contributed by atoms with van der Waals surface area (Å²) in [7, 11) is 0. The standard InChI is InChI=1S/C26H34N4O2/c1-17-13-18(2)29(25(32)27-17)16-24(31)30-21-15-26(3)22(11-7-8-12-23(26)30)28-20(21)14-19-9-5-4-6-10-19/h4-6,9-10,13,20-23,28H,7-8,11-12,14-16H2,1-3H3/t20-,21+,22-,23+,26-/m1/s1. The van der Waals surface area contributed by atoms with Crippen LogP contribution in [0.2, 0.25) is 0 Å². The number of carbonyl (C=O) groups excluding carboxylic acids is 1. The van der Waals surface area contributed by atoms with Crippen molar-refractivity contribution in [3.05, 3.63) is 63.8 Å². The molecule has 3 heterocycles. The van der Waals surface area contributed by atoms with Gasteiger partial charge in [-0.25, -0.2) is 4.79 Å². The van der Waals surface area contributed by atoms with E-state index in [0.717, 1.165) is 31.4 Å². The van der Waals surface area contributed by atoms with Crippen LogP contribution in [0.3, 0.4) is 0 Å². The minimum atomic E-state index is -0.332.